The predicted octanol–water partition coefficient (Wildman–Crippen LogP) is 1.98. The third-order valence-corrected chi connectivity index (χ3v) is 5.51. The Morgan fingerprint density at radius 1 is 1.24 bits per heavy atom. The van der Waals surface area contributed by atoms with Crippen molar-refractivity contribution in [3.05, 3.63) is 81.7 Å². The van der Waals surface area contributed by atoms with Crippen molar-refractivity contribution in [3.8, 4) is 0 Å². The lowest BCUT2D eigenvalue weighted by Crippen LogP contribution is -3.10. The first kappa shape index (κ1) is 23.7. The summed E-state index contributed by atoms with van der Waals surface area (Å²) < 4.78 is 5.01. The number of nitrogens with zero attached hydrogens (tertiary/aromatic N) is 1. The zero-order chi connectivity index (χ0) is 20.1. The Bertz CT molecular complexity index is 962. The lowest BCUT2D eigenvalue weighted by atomic mass is 10.1. The molecule has 0 spiro atoms. The Hall–Kier alpha value is -1.57. The number of thioether (sulfide) groups is 1. The van der Waals surface area contributed by atoms with Gasteiger partial charge in [0.15, 0.2) is 5.70 Å². The van der Waals surface area contributed by atoms with Crippen LogP contribution in [0.2, 0.25) is 10.0 Å². The molecule has 1 aliphatic heterocycles. The lowest BCUT2D eigenvalue weighted by molar-refractivity contribution is -0.709. The Kier molecular flexibility index (Phi) is 8.99. The summed E-state index contributed by atoms with van der Waals surface area (Å²) in [7, 11) is 0. The average Bonchev–Trinajstić information content (AvgIpc) is 3.05. The Morgan fingerprint density at radius 3 is 2.59 bits per heavy atom. The van der Waals surface area contributed by atoms with E-state index in [1.54, 1.807) is 37.3 Å². The minimum Gasteiger partial charge on any atom is -1.00 e. The van der Waals surface area contributed by atoms with Gasteiger partial charge in [-0.25, -0.2) is 9.69 Å². The van der Waals surface area contributed by atoms with Gasteiger partial charge in [0.2, 0.25) is 0 Å². The minimum atomic E-state index is -0.336. The van der Waals surface area contributed by atoms with Gasteiger partial charge in [0.05, 0.1) is 28.4 Å². The maximum Gasteiger partial charge on any atom is 0.338 e. The van der Waals surface area contributed by atoms with Crippen LogP contribution in [0.4, 0.5) is 5.69 Å². The second kappa shape index (κ2) is 11.0. The van der Waals surface area contributed by atoms with Crippen LogP contribution in [0.1, 0.15) is 22.8 Å². The number of quaternary nitrogens is 1. The minimum absolute atomic E-state index is 0. The summed E-state index contributed by atoms with van der Waals surface area (Å²) in [5.74, 6) is -0.336. The number of aliphatic imine (C=N–C) groups is 1. The van der Waals surface area contributed by atoms with Crippen LogP contribution in [-0.4, -0.2) is 24.3 Å². The first-order chi connectivity index (χ1) is 13.5. The number of carbonyl (C=O) groups excluding carboxylic acids is 1. The predicted molar refractivity (Wildman–Crippen MR) is 118 cm³/mol. The van der Waals surface area contributed by atoms with Crippen molar-refractivity contribution in [1.82, 2.24) is 0 Å². The summed E-state index contributed by atoms with van der Waals surface area (Å²) >= 11 is 14.0. The van der Waals surface area contributed by atoms with Crippen molar-refractivity contribution in [2.24, 2.45) is 4.99 Å². The molecule has 0 bridgehead atoms. The molecule has 3 rings (SSSR count). The average molecular weight is 514 g/mol. The SMILES string of the molecule is C=CC[NH+]1C(c2ccc(Cl)cc2Cl)=CSC1=Nc1ccc(C(=O)OCC)cc1.[Br-]. The molecule has 29 heavy (non-hydrogen) atoms. The summed E-state index contributed by atoms with van der Waals surface area (Å²) in [6, 6.07) is 12.5. The smallest absolute Gasteiger partial charge is 0.338 e. The first-order valence-corrected chi connectivity index (χ1v) is 10.3. The van der Waals surface area contributed by atoms with Gasteiger partial charge >= 0.3 is 5.97 Å². The van der Waals surface area contributed by atoms with Crippen LogP contribution >= 0.6 is 35.0 Å². The number of hydrogen-bond donors (Lipinski definition) is 1. The molecule has 0 amide bonds. The number of halogens is 3. The van der Waals surface area contributed by atoms with Gasteiger partial charge in [-0.05, 0) is 67.2 Å². The molecule has 0 saturated heterocycles. The summed E-state index contributed by atoms with van der Waals surface area (Å²) in [4.78, 5) is 17.6. The summed E-state index contributed by atoms with van der Waals surface area (Å²) in [6.07, 6.45) is 1.85. The summed E-state index contributed by atoms with van der Waals surface area (Å²) in [5, 5.41) is 4.12. The topological polar surface area (TPSA) is 43.1 Å². The van der Waals surface area contributed by atoms with Crippen molar-refractivity contribution in [3.63, 3.8) is 0 Å². The van der Waals surface area contributed by atoms with E-state index in [2.05, 4.69) is 6.58 Å². The molecule has 1 atom stereocenters. The third kappa shape index (κ3) is 5.74. The van der Waals surface area contributed by atoms with E-state index in [4.69, 9.17) is 32.9 Å². The summed E-state index contributed by atoms with van der Waals surface area (Å²) in [6.45, 7) is 6.66. The van der Waals surface area contributed by atoms with Gasteiger partial charge < -0.3 is 21.7 Å². The standard InChI is InChI=1S/C21H18Cl2N2O2S.BrH/c1-3-11-25-19(17-10-7-15(22)12-18(17)23)13-28-21(25)24-16-8-5-14(6-9-16)20(26)27-4-2;/h3,5-10,12-13H,1,4,11H2,2H3;1H. The largest absolute Gasteiger partial charge is 1.00 e. The van der Waals surface area contributed by atoms with E-state index in [1.165, 1.54) is 11.8 Å². The van der Waals surface area contributed by atoms with Gasteiger partial charge in [0, 0.05) is 10.4 Å². The summed E-state index contributed by atoms with van der Waals surface area (Å²) in [5.41, 5.74) is 3.20. The molecule has 2 aromatic rings. The quantitative estimate of drug-likeness (QED) is 0.474. The van der Waals surface area contributed by atoms with E-state index in [-0.39, 0.29) is 23.0 Å². The van der Waals surface area contributed by atoms with Gasteiger partial charge in [-0.1, -0.05) is 29.8 Å². The van der Waals surface area contributed by atoms with E-state index in [9.17, 15) is 4.79 Å². The number of hydrogen-bond acceptors (Lipinski definition) is 4. The monoisotopic (exact) mass is 512 g/mol. The van der Waals surface area contributed by atoms with E-state index < -0.39 is 0 Å². The van der Waals surface area contributed by atoms with Crippen LogP contribution in [0.15, 0.2) is 65.5 Å². The van der Waals surface area contributed by atoms with Gasteiger partial charge in [0.1, 0.15) is 6.54 Å². The fraction of sp³-hybridized carbons (Fsp3) is 0.143. The van der Waals surface area contributed by atoms with E-state index >= 15 is 0 Å². The highest BCUT2D eigenvalue weighted by molar-refractivity contribution is 8.16. The molecule has 0 aliphatic carbocycles. The first-order valence-electron chi connectivity index (χ1n) is 8.69. The molecule has 4 nitrogen and oxygen atoms in total. The molecule has 152 valence electrons. The maximum atomic E-state index is 11.8. The molecule has 0 saturated carbocycles. The van der Waals surface area contributed by atoms with Crippen molar-refractivity contribution in [2.75, 3.05) is 13.2 Å². The van der Waals surface area contributed by atoms with Crippen LogP contribution in [-0.2, 0) is 4.74 Å². The molecule has 1 N–H and O–H groups in total. The molecule has 2 aromatic carbocycles. The van der Waals surface area contributed by atoms with Crippen LogP contribution in [0.3, 0.4) is 0 Å². The normalized spacial score (nSPS) is 16.9. The Labute approximate surface area is 195 Å². The van der Waals surface area contributed by atoms with Crippen molar-refractivity contribution in [1.29, 1.82) is 0 Å². The van der Waals surface area contributed by atoms with E-state index in [1.807, 2.05) is 23.6 Å². The molecule has 1 unspecified atom stereocenters. The van der Waals surface area contributed by atoms with Crippen molar-refractivity contribution >= 4 is 57.5 Å². The van der Waals surface area contributed by atoms with Gasteiger partial charge in [-0.3, -0.25) is 0 Å². The van der Waals surface area contributed by atoms with Crippen LogP contribution < -0.4 is 21.9 Å². The van der Waals surface area contributed by atoms with Crippen molar-refractivity contribution in [2.45, 2.75) is 6.92 Å². The maximum absolute atomic E-state index is 11.8. The van der Waals surface area contributed by atoms with Gasteiger partial charge in [-0.15, -0.1) is 0 Å². The fourth-order valence-electron chi connectivity index (χ4n) is 2.75. The van der Waals surface area contributed by atoms with Crippen LogP contribution in [0.5, 0.6) is 0 Å². The molecule has 0 aromatic heterocycles. The lowest BCUT2D eigenvalue weighted by Gasteiger charge is -2.15. The Balaban J connectivity index is 0.00000300. The van der Waals surface area contributed by atoms with Crippen molar-refractivity contribution < 1.29 is 31.4 Å². The highest BCUT2D eigenvalue weighted by atomic mass is 79.9. The van der Waals surface area contributed by atoms with Gasteiger partial charge in [0.25, 0.3) is 5.17 Å². The van der Waals surface area contributed by atoms with Crippen LogP contribution in [0.25, 0.3) is 5.70 Å². The highest BCUT2D eigenvalue weighted by Gasteiger charge is 2.31. The number of esters is 1. The number of benzene rings is 2. The zero-order valence-electron chi connectivity index (χ0n) is 15.6. The fourth-order valence-corrected chi connectivity index (χ4v) is 4.25. The molecule has 1 aliphatic rings. The Morgan fingerprint density at radius 2 is 1.97 bits per heavy atom. The number of nitrogens with one attached hydrogen (secondary N) is 1. The number of rotatable bonds is 6. The highest BCUT2D eigenvalue weighted by Crippen LogP contribution is 2.29. The second-order valence-electron chi connectivity index (χ2n) is 5.93. The molecule has 1 heterocycles. The number of amidine groups is 1. The van der Waals surface area contributed by atoms with E-state index in [0.717, 1.165) is 27.0 Å². The number of carbonyl (C=O) groups is 1. The second-order valence-corrected chi connectivity index (χ2v) is 7.63. The van der Waals surface area contributed by atoms with E-state index in [0.29, 0.717) is 28.8 Å². The molecular formula is C21H19BrCl2N2O2S. The third-order valence-electron chi connectivity index (χ3n) is 4.05. The molecule has 0 fully saturated rings. The molecule has 0 radical (unpaired) electrons. The van der Waals surface area contributed by atoms with Gasteiger partial charge in [-0.2, -0.15) is 4.99 Å². The van der Waals surface area contributed by atoms with Crippen LogP contribution in [0, 0.1) is 0 Å². The molecule has 8 heteroatoms. The zero-order valence-corrected chi connectivity index (χ0v) is 19.5. The number of ether oxygens (including phenoxy) is 1. The molecular weight excluding hydrogens is 495 g/mol.